The fraction of sp³-hybridized carbons (Fsp3) is 0.700. The van der Waals surface area contributed by atoms with E-state index in [4.69, 9.17) is 4.74 Å². The number of methoxy groups -OCH3 is 1. The molecule has 1 N–H and O–H groups in total. The van der Waals surface area contributed by atoms with Gasteiger partial charge in [-0.1, -0.05) is 0 Å². The third-order valence-electron chi connectivity index (χ3n) is 2.75. The summed E-state index contributed by atoms with van der Waals surface area (Å²) in [5.41, 5.74) is 1.20. The molecule has 2 rings (SSSR count). The van der Waals surface area contributed by atoms with Crippen LogP contribution in [0.3, 0.4) is 0 Å². The van der Waals surface area contributed by atoms with E-state index >= 15 is 0 Å². The van der Waals surface area contributed by atoms with Crippen molar-refractivity contribution >= 4 is 0 Å². The van der Waals surface area contributed by atoms with Gasteiger partial charge in [0.15, 0.2) is 5.75 Å². The molecule has 0 saturated carbocycles. The lowest BCUT2D eigenvalue weighted by molar-refractivity contribution is 0.398. The number of nitrogens with one attached hydrogen (secondary N) is 1. The lowest BCUT2D eigenvalue weighted by Gasteiger charge is -2.13. The topological polar surface area (TPSA) is 39.1 Å². The summed E-state index contributed by atoms with van der Waals surface area (Å²) in [7, 11) is 1.70. The summed E-state index contributed by atoms with van der Waals surface area (Å²) < 4.78 is 7.33. The summed E-state index contributed by atoms with van der Waals surface area (Å²) in [4.78, 5) is 0. The van der Waals surface area contributed by atoms with E-state index in [-0.39, 0.29) is 0 Å². The van der Waals surface area contributed by atoms with E-state index in [9.17, 15) is 0 Å². The van der Waals surface area contributed by atoms with E-state index in [0.29, 0.717) is 6.04 Å². The Kier molecular flexibility index (Phi) is 2.72. The molecule has 0 aliphatic carbocycles. The Morgan fingerprint density at radius 2 is 2.57 bits per heavy atom. The van der Waals surface area contributed by atoms with Crippen LogP contribution in [0.25, 0.3) is 0 Å². The molecular weight excluding hydrogens is 178 g/mol. The summed E-state index contributed by atoms with van der Waals surface area (Å²) in [6.45, 7) is 4.10. The molecule has 0 aromatic carbocycles. The van der Waals surface area contributed by atoms with E-state index < -0.39 is 0 Å². The Labute approximate surface area is 84.3 Å². The van der Waals surface area contributed by atoms with Crippen LogP contribution in [0, 0.1) is 0 Å². The molecule has 0 amide bonds. The highest BCUT2D eigenvalue weighted by Gasteiger charge is 2.23. The third kappa shape index (κ3) is 1.50. The summed E-state index contributed by atoms with van der Waals surface area (Å²) in [6.07, 6.45) is 4.23. The minimum atomic E-state index is 0.424. The molecule has 1 aliphatic rings. The Morgan fingerprint density at radius 1 is 1.71 bits per heavy atom. The van der Waals surface area contributed by atoms with Gasteiger partial charge in [-0.3, -0.25) is 4.68 Å². The van der Waals surface area contributed by atoms with E-state index in [1.807, 2.05) is 4.68 Å². The average molecular weight is 195 g/mol. The Bertz CT molecular complexity index is 281. The van der Waals surface area contributed by atoms with Gasteiger partial charge >= 0.3 is 0 Å². The number of hydrogen-bond acceptors (Lipinski definition) is 3. The van der Waals surface area contributed by atoms with Crippen LogP contribution in [0.1, 0.15) is 31.5 Å². The van der Waals surface area contributed by atoms with Crippen LogP contribution in [0.5, 0.6) is 5.75 Å². The summed E-state index contributed by atoms with van der Waals surface area (Å²) in [6, 6.07) is 0.424. The van der Waals surface area contributed by atoms with Crippen LogP contribution in [0.15, 0.2) is 6.20 Å². The first kappa shape index (κ1) is 9.52. The maximum Gasteiger partial charge on any atom is 0.161 e. The standard InChI is InChI=1S/C10H17N3O/c1-3-13-10(8-5-4-6-11-8)9(14-2)7-12-13/h7-8,11H,3-6H2,1-2H3. The van der Waals surface area contributed by atoms with Crippen molar-refractivity contribution in [1.82, 2.24) is 15.1 Å². The number of nitrogens with zero attached hydrogens (tertiary/aromatic N) is 2. The Hall–Kier alpha value is -1.03. The minimum absolute atomic E-state index is 0.424. The molecule has 4 heteroatoms. The Morgan fingerprint density at radius 3 is 3.14 bits per heavy atom. The fourth-order valence-electron chi connectivity index (χ4n) is 2.06. The first-order valence-electron chi connectivity index (χ1n) is 5.20. The van der Waals surface area contributed by atoms with Crippen LogP contribution < -0.4 is 10.1 Å². The Balaban J connectivity index is 2.31. The van der Waals surface area contributed by atoms with Crippen LogP contribution in [0.2, 0.25) is 0 Å². The zero-order valence-corrected chi connectivity index (χ0v) is 8.79. The maximum absolute atomic E-state index is 5.32. The van der Waals surface area contributed by atoms with Gasteiger partial charge in [-0.25, -0.2) is 0 Å². The molecule has 1 fully saturated rings. The average Bonchev–Trinajstić information content (AvgIpc) is 2.85. The minimum Gasteiger partial charge on any atom is -0.493 e. The van der Waals surface area contributed by atoms with Gasteiger partial charge in [-0.05, 0) is 26.3 Å². The molecule has 1 aromatic heterocycles. The summed E-state index contributed by atoms with van der Waals surface area (Å²) >= 11 is 0. The van der Waals surface area contributed by atoms with Crippen molar-refractivity contribution in [3.05, 3.63) is 11.9 Å². The van der Waals surface area contributed by atoms with Gasteiger partial charge in [-0.2, -0.15) is 5.10 Å². The van der Waals surface area contributed by atoms with E-state index in [2.05, 4.69) is 17.3 Å². The predicted octanol–water partition coefficient (Wildman–Crippen LogP) is 1.34. The smallest absolute Gasteiger partial charge is 0.161 e. The second-order valence-electron chi connectivity index (χ2n) is 3.56. The maximum atomic E-state index is 5.32. The van der Waals surface area contributed by atoms with Gasteiger partial charge in [0.1, 0.15) is 0 Å². The quantitative estimate of drug-likeness (QED) is 0.791. The van der Waals surface area contributed by atoms with Crippen LogP contribution in [-0.2, 0) is 6.54 Å². The molecule has 1 aromatic rings. The molecule has 0 radical (unpaired) electrons. The van der Waals surface area contributed by atoms with Crippen LogP contribution in [-0.4, -0.2) is 23.4 Å². The number of hydrogen-bond donors (Lipinski definition) is 1. The van der Waals surface area contributed by atoms with E-state index in [1.54, 1.807) is 13.3 Å². The number of ether oxygens (including phenoxy) is 1. The predicted molar refractivity (Wildman–Crippen MR) is 54.4 cm³/mol. The molecule has 0 bridgehead atoms. The summed E-state index contributed by atoms with van der Waals surface area (Å²) in [5, 5.41) is 7.77. The molecule has 78 valence electrons. The molecule has 1 aliphatic heterocycles. The van der Waals surface area contributed by atoms with Gasteiger partial charge < -0.3 is 10.1 Å². The van der Waals surface area contributed by atoms with Gasteiger partial charge in [-0.15, -0.1) is 0 Å². The zero-order chi connectivity index (χ0) is 9.97. The molecule has 14 heavy (non-hydrogen) atoms. The van der Waals surface area contributed by atoms with Crippen molar-refractivity contribution in [1.29, 1.82) is 0 Å². The molecule has 2 heterocycles. The molecule has 1 saturated heterocycles. The van der Waals surface area contributed by atoms with Crippen LogP contribution >= 0.6 is 0 Å². The molecule has 1 atom stereocenters. The molecular formula is C10H17N3O. The van der Waals surface area contributed by atoms with Crippen molar-refractivity contribution in [2.45, 2.75) is 32.4 Å². The lowest BCUT2D eigenvalue weighted by Crippen LogP contribution is -2.18. The second kappa shape index (κ2) is 4.00. The second-order valence-corrected chi connectivity index (χ2v) is 3.56. The van der Waals surface area contributed by atoms with Gasteiger partial charge in [0.2, 0.25) is 0 Å². The van der Waals surface area contributed by atoms with Crippen molar-refractivity contribution in [3.63, 3.8) is 0 Å². The fourth-order valence-corrected chi connectivity index (χ4v) is 2.06. The SMILES string of the molecule is CCn1ncc(OC)c1C1CCCN1. The van der Waals surface area contributed by atoms with Crippen molar-refractivity contribution < 1.29 is 4.74 Å². The zero-order valence-electron chi connectivity index (χ0n) is 8.79. The van der Waals surface area contributed by atoms with Crippen molar-refractivity contribution in [2.75, 3.05) is 13.7 Å². The molecule has 0 spiro atoms. The number of rotatable bonds is 3. The van der Waals surface area contributed by atoms with Gasteiger partial charge in [0.25, 0.3) is 0 Å². The first-order valence-corrected chi connectivity index (χ1v) is 5.20. The van der Waals surface area contributed by atoms with E-state index in [1.165, 1.54) is 18.5 Å². The first-order chi connectivity index (χ1) is 6.86. The van der Waals surface area contributed by atoms with Crippen LogP contribution in [0.4, 0.5) is 0 Å². The largest absolute Gasteiger partial charge is 0.493 e. The highest BCUT2D eigenvalue weighted by Crippen LogP contribution is 2.30. The van der Waals surface area contributed by atoms with Gasteiger partial charge in [0, 0.05) is 6.54 Å². The highest BCUT2D eigenvalue weighted by molar-refractivity contribution is 5.28. The van der Waals surface area contributed by atoms with Gasteiger partial charge in [0.05, 0.1) is 25.0 Å². The number of aryl methyl sites for hydroxylation is 1. The number of aromatic nitrogens is 2. The van der Waals surface area contributed by atoms with Crippen molar-refractivity contribution in [2.24, 2.45) is 0 Å². The highest BCUT2D eigenvalue weighted by atomic mass is 16.5. The lowest BCUT2D eigenvalue weighted by atomic mass is 10.1. The molecule has 4 nitrogen and oxygen atoms in total. The van der Waals surface area contributed by atoms with Crippen molar-refractivity contribution in [3.8, 4) is 5.75 Å². The summed E-state index contributed by atoms with van der Waals surface area (Å²) in [5.74, 6) is 0.909. The van der Waals surface area contributed by atoms with E-state index in [0.717, 1.165) is 18.8 Å². The normalized spacial score (nSPS) is 21.4. The monoisotopic (exact) mass is 195 g/mol. The third-order valence-corrected chi connectivity index (χ3v) is 2.75. The molecule has 1 unspecified atom stereocenters.